The van der Waals surface area contributed by atoms with Crippen molar-refractivity contribution in [3.63, 3.8) is 0 Å². The van der Waals surface area contributed by atoms with E-state index in [0.717, 1.165) is 12.5 Å². The Bertz CT molecular complexity index is 482. The van der Waals surface area contributed by atoms with Crippen LogP contribution in [0.3, 0.4) is 0 Å². The highest BCUT2D eigenvalue weighted by Gasteiger charge is 2.33. The molecular weight excluding hydrogens is 242 g/mol. The lowest BCUT2D eigenvalue weighted by atomic mass is 9.67. The van der Waals surface area contributed by atoms with Gasteiger partial charge in [0.1, 0.15) is 0 Å². The molecule has 2 N–H and O–H groups in total. The third kappa shape index (κ3) is 3.22. The molecule has 1 aromatic heterocycles. The molecule has 1 saturated carbocycles. The van der Waals surface area contributed by atoms with Crippen LogP contribution in [0.25, 0.3) is 0 Å². The fraction of sp³-hybridized carbons (Fsp3) is 0.643. The standard InChI is InChI=1S/C14H21N3O2/c1-9-7-11(12(18)19)17-13(16-9)15-8-14(2,3)10-5-4-6-10/h7,10H,4-6,8H2,1-3H3,(H,18,19)(H,15,16,17). The Morgan fingerprint density at radius 1 is 1.47 bits per heavy atom. The summed E-state index contributed by atoms with van der Waals surface area (Å²) in [6, 6.07) is 1.48. The molecule has 1 heterocycles. The van der Waals surface area contributed by atoms with Crippen molar-refractivity contribution in [3.8, 4) is 0 Å². The second-order valence-corrected chi connectivity index (χ2v) is 5.99. The molecule has 5 heteroatoms. The Morgan fingerprint density at radius 3 is 2.68 bits per heavy atom. The quantitative estimate of drug-likeness (QED) is 0.854. The van der Waals surface area contributed by atoms with Crippen molar-refractivity contribution >= 4 is 11.9 Å². The minimum atomic E-state index is -1.02. The molecule has 0 amide bonds. The van der Waals surface area contributed by atoms with E-state index in [2.05, 4.69) is 29.1 Å². The molecule has 0 aromatic carbocycles. The number of hydrogen-bond acceptors (Lipinski definition) is 4. The van der Waals surface area contributed by atoms with Gasteiger partial charge in [0, 0.05) is 12.2 Å². The minimum Gasteiger partial charge on any atom is -0.477 e. The van der Waals surface area contributed by atoms with Crippen LogP contribution in [0.1, 0.15) is 49.3 Å². The Morgan fingerprint density at radius 2 is 2.16 bits per heavy atom. The molecule has 0 radical (unpaired) electrons. The number of carboxylic acid groups (broad SMARTS) is 1. The van der Waals surface area contributed by atoms with Crippen molar-refractivity contribution in [1.82, 2.24) is 9.97 Å². The van der Waals surface area contributed by atoms with Gasteiger partial charge in [-0.1, -0.05) is 20.3 Å². The maximum Gasteiger partial charge on any atom is 0.354 e. The molecule has 0 spiro atoms. The summed E-state index contributed by atoms with van der Waals surface area (Å²) in [7, 11) is 0. The first kappa shape index (κ1) is 13.8. The van der Waals surface area contributed by atoms with Crippen molar-refractivity contribution < 1.29 is 9.90 Å². The lowest BCUT2D eigenvalue weighted by Gasteiger charge is -2.40. The Labute approximate surface area is 113 Å². The summed E-state index contributed by atoms with van der Waals surface area (Å²) in [5.74, 6) is 0.125. The molecule has 0 bridgehead atoms. The van der Waals surface area contributed by atoms with Crippen LogP contribution in [0.15, 0.2) is 6.07 Å². The second kappa shape index (κ2) is 5.15. The first-order valence-electron chi connectivity index (χ1n) is 6.71. The number of nitrogens with one attached hydrogen (secondary N) is 1. The molecule has 1 fully saturated rings. The van der Waals surface area contributed by atoms with Gasteiger partial charge in [-0.3, -0.25) is 0 Å². The van der Waals surface area contributed by atoms with Crippen LogP contribution in [-0.2, 0) is 0 Å². The molecule has 2 rings (SSSR count). The first-order valence-corrected chi connectivity index (χ1v) is 6.71. The highest BCUT2D eigenvalue weighted by Crippen LogP contribution is 2.41. The topological polar surface area (TPSA) is 75.1 Å². The fourth-order valence-electron chi connectivity index (χ4n) is 2.40. The zero-order chi connectivity index (χ0) is 14.0. The van der Waals surface area contributed by atoms with Crippen molar-refractivity contribution in [2.45, 2.75) is 40.0 Å². The third-order valence-electron chi connectivity index (χ3n) is 3.99. The predicted octanol–water partition coefficient (Wildman–Crippen LogP) is 2.72. The number of anilines is 1. The highest BCUT2D eigenvalue weighted by molar-refractivity contribution is 5.85. The Kier molecular flexibility index (Phi) is 3.73. The van der Waals surface area contributed by atoms with Crippen LogP contribution in [0.2, 0.25) is 0 Å². The van der Waals surface area contributed by atoms with E-state index >= 15 is 0 Å². The predicted molar refractivity (Wildman–Crippen MR) is 73.3 cm³/mol. The second-order valence-electron chi connectivity index (χ2n) is 5.99. The lowest BCUT2D eigenvalue weighted by molar-refractivity contribution is 0.0690. The van der Waals surface area contributed by atoms with E-state index in [0.29, 0.717) is 11.6 Å². The van der Waals surface area contributed by atoms with Gasteiger partial charge in [-0.05, 0) is 37.2 Å². The van der Waals surface area contributed by atoms with Crippen LogP contribution in [0, 0.1) is 18.3 Å². The molecule has 19 heavy (non-hydrogen) atoms. The molecule has 0 unspecified atom stereocenters. The summed E-state index contributed by atoms with van der Waals surface area (Å²) < 4.78 is 0. The van der Waals surface area contributed by atoms with Gasteiger partial charge in [0.25, 0.3) is 0 Å². The van der Waals surface area contributed by atoms with Crippen LogP contribution in [0.5, 0.6) is 0 Å². The average Bonchev–Trinajstić information content (AvgIpc) is 2.22. The van der Waals surface area contributed by atoms with E-state index in [1.54, 1.807) is 6.92 Å². The number of aromatic nitrogens is 2. The summed E-state index contributed by atoms with van der Waals surface area (Å²) in [4.78, 5) is 19.2. The molecule has 5 nitrogen and oxygen atoms in total. The van der Waals surface area contributed by atoms with Crippen molar-refractivity contribution in [2.24, 2.45) is 11.3 Å². The van der Waals surface area contributed by atoms with Gasteiger partial charge < -0.3 is 10.4 Å². The summed E-state index contributed by atoms with van der Waals surface area (Å²) in [5, 5.41) is 12.2. The minimum absolute atomic E-state index is 0.0384. The van der Waals surface area contributed by atoms with Gasteiger partial charge >= 0.3 is 5.97 Å². The number of aromatic carboxylic acids is 1. The van der Waals surface area contributed by atoms with Crippen LogP contribution in [-0.4, -0.2) is 27.6 Å². The molecule has 1 aliphatic rings. The monoisotopic (exact) mass is 263 g/mol. The summed E-state index contributed by atoms with van der Waals surface area (Å²) >= 11 is 0. The average molecular weight is 263 g/mol. The van der Waals surface area contributed by atoms with E-state index in [9.17, 15) is 4.79 Å². The number of carboxylic acids is 1. The van der Waals surface area contributed by atoms with Crippen LogP contribution < -0.4 is 5.32 Å². The van der Waals surface area contributed by atoms with Crippen LogP contribution >= 0.6 is 0 Å². The van der Waals surface area contributed by atoms with Gasteiger partial charge in [-0.25, -0.2) is 14.8 Å². The smallest absolute Gasteiger partial charge is 0.354 e. The van der Waals surface area contributed by atoms with E-state index in [1.165, 1.54) is 25.3 Å². The zero-order valence-electron chi connectivity index (χ0n) is 11.7. The summed E-state index contributed by atoms with van der Waals surface area (Å²) in [6.07, 6.45) is 3.88. The maximum absolute atomic E-state index is 11.0. The number of carbonyl (C=O) groups is 1. The largest absolute Gasteiger partial charge is 0.477 e. The Balaban J connectivity index is 2.04. The van der Waals surface area contributed by atoms with Gasteiger partial charge in [-0.15, -0.1) is 0 Å². The van der Waals surface area contributed by atoms with E-state index in [4.69, 9.17) is 5.11 Å². The SMILES string of the molecule is Cc1cc(C(=O)O)nc(NCC(C)(C)C2CCC2)n1. The molecule has 0 atom stereocenters. The molecule has 0 aliphatic heterocycles. The van der Waals surface area contributed by atoms with Gasteiger partial charge in [0.2, 0.25) is 5.95 Å². The van der Waals surface area contributed by atoms with E-state index in [-0.39, 0.29) is 11.1 Å². The molecule has 1 aliphatic carbocycles. The number of hydrogen-bond donors (Lipinski definition) is 2. The molecular formula is C14H21N3O2. The van der Waals surface area contributed by atoms with Gasteiger partial charge in [0.05, 0.1) is 0 Å². The third-order valence-corrected chi connectivity index (χ3v) is 3.99. The lowest BCUT2D eigenvalue weighted by Crippen LogP contribution is -2.36. The maximum atomic E-state index is 11.0. The normalized spacial score (nSPS) is 15.9. The Hall–Kier alpha value is -1.65. The first-order chi connectivity index (χ1) is 8.88. The van der Waals surface area contributed by atoms with Crippen molar-refractivity contribution in [2.75, 3.05) is 11.9 Å². The fourth-order valence-corrected chi connectivity index (χ4v) is 2.40. The van der Waals surface area contributed by atoms with Gasteiger partial charge in [0.15, 0.2) is 5.69 Å². The highest BCUT2D eigenvalue weighted by atomic mass is 16.4. The van der Waals surface area contributed by atoms with E-state index in [1.807, 2.05) is 0 Å². The number of aryl methyl sites for hydroxylation is 1. The summed E-state index contributed by atoms with van der Waals surface area (Å²) in [5.41, 5.74) is 0.891. The molecule has 1 aromatic rings. The van der Waals surface area contributed by atoms with Gasteiger partial charge in [-0.2, -0.15) is 0 Å². The zero-order valence-corrected chi connectivity index (χ0v) is 11.7. The molecule has 0 saturated heterocycles. The van der Waals surface area contributed by atoms with Crippen molar-refractivity contribution in [3.05, 3.63) is 17.5 Å². The van der Waals surface area contributed by atoms with Crippen LogP contribution in [0.4, 0.5) is 5.95 Å². The van der Waals surface area contributed by atoms with Crippen molar-refractivity contribution in [1.29, 1.82) is 0 Å². The number of rotatable bonds is 5. The summed E-state index contributed by atoms with van der Waals surface area (Å²) in [6.45, 7) is 7.01. The van der Waals surface area contributed by atoms with E-state index < -0.39 is 5.97 Å². The number of nitrogens with zero attached hydrogens (tertiary/aromatic N) is 2. The molecule has 104 valence electrons.